The standard InChI is InChI=1S/C17H25N3OS3/c1-10(2)8-22-16-19-20-17(24-16)23-9-15(21)18-11(3)14-7-12-4-5-13(14)6-12/h11-14H,1,4-9H2,2-3H3,(H,18,21)/t11-,12+,13+,14-/m1/s1. The molecular formula is C17H25N3OS3. The van der Waals surface area contributed by atoms with Gasteiger partial charge in [0.2, 0.25) is 5.91 Å². The molecule has 0 aliphatic heterocycles. The minimum absolute atomic E-state index is 0.113. The molecule has 1 aromatic rings. The van der Waals surface area contributed by atoms with Crippen molar-refractivity contribution in [1.29, 1.82) is 0 Å². The molecule has 24 heavy (non-hydrogen) atoms. The monoisotopic (exact) mass is 383 g/mol. The predicted octanol–water partition coefficient (Wildman–Crippen LogP) is 4.24. The summed E-state index contributed by atoms with van der Waals surface area (Å²) in [5.74, 6) is 3.84. The average molecular weight is 384 g/mol. The van der Waals surface area contributed by atoms with Gasteiger partial charge in [0.1, 0.15) is 0 Å². The molecule has 7 heteroatoms. The zero-order valence-corrected chi connectivity index (χ0v) is 16.7. The number of thioether (sulfide) groups is 2. The Morgan fingerprint density at radius 3 is 2.58 bits per heavy atom. The molecule has 2 aliphatic rings. The van der Waals surface area contributed by atoms with E-state index < -0.39 is 0 Å². The van der Waals surface area contributed by atoms with Gasteiger partial charge in [0.05, 0.1) is 5.75 Å². The van der Waals surface area contributed by atoms with Crippen LogP contribution >= 0.6 is 34.9 Å². The van der Waals surface area contributed by atoms with E-state index in [1.807, 2.05) is 6.92 Å². The lowest BCUT2D eigenvalue weighted by molar-refractivity contribution is -0.119. The Bertz CT molecular complexity index is 604. The van der Waals surface area contributed by atoms with Crippen LogP contribution in [0.25, 0.3) is 0 Å². The van der Waals surface area contributed by atoms with Crippen LogP contribution in [-0.2, 0) is 4.79 Å². The van der Waals surface area contributed by atoms with Gasteiger partial charge in [-0.3, -0.25) is 4.79 Å². The van der Waals surface area contributed by atoms with Crippen LogP contribution in [0.2, 0.25) is 0 Å². The van der Waals surface area contributed by atoms with E-state index >= 15 is 0 Å². The van der Waals surface area contributed by atoms with Crippen molar-refractivity contribution in [2.75, 3.05) is 11.5 Å². The number of carbonyl (C=O) groups is 1. The highest BCUT2D eigenvalue weighted by Crippen LogP contribution is 2.49. The number of amides is 1. The van der Waals surface area contributed by atoms with Crippen LogP contribution in [-0.4, -0.2) is 33.7 Å². The fraction of sp³-hybridized carbons (Fsp3) is 0.706. The first-order valence-electron chi connectivity index (χ1n) is 8.54. The third kappa shape index (κ3) is 4.76. The van der Waals surface area contributed by atoms with Gasteiger partial charge in [0, 0.05) is 11.8 Å². The normalized spacial score (nSPS) is 26.5. The van der Waals surface area contributed by atoms with Crippen molar-refractivity contribution >= 4 is 40.8 Å². The molecular weight excluding hydrogens is 358 g/mol. The van der Waals surface area contributed by atoms with Gasteiger partial charge < -0.3 is 5.32 Å². The maximum Gasteiger partial charge on any atom is 0.230 e. The van der Waals surface area contributed by atoms with Gasteiger partial charge in [-0.1, -0.05) is 53.4 Å². The van der Waals surface area contributed by atoms with Gasteiger partial charge in [0.25, 0.3) is 0 Å². The quantitative estimate of drug-likeness (QED) is 0.537. The van der Waals surface area contributed by atoms with Crippen LogP contribution in [0, 0.1) is 17.8 Å². The smallest absolute Gasteiger partial charge is 0.230 e. The summed E-state index contributed by atoms with van der Waals surface area (Å²) in [6.07, 6.45) is 5.45. The summed E-state index contributed by atoms with van der Waals surface area (Å²) in [6, 6.07) is 0.296. The third-order valence-corrected chi connectivity index (χ3v) is 8.40. The fourth-order valence-corrected chi connectivity index (χ4v) is 6.61. The minimum atomic E-state index is 0.113. The van der Waals surface area contributed by atoms with Crippen LogP contribution < -0.4 is 5.32 Å². The molecule has 2 aliphatic carbocycles. The molecule has 0 aromatic carbocycles. The largest absolute Gasteiger partial charge is 0.353 e. The van der Waals surface area contributed by atoms with E-state index in [1.54, 1.807) is 23.1 Å². The predicted molar refractivity (Wildman–Crippen MR) is 103 cm³/mol. The van der Waals surface area contributed by atoms with Crippen LogP contribution in [0.3, 0.4) is 0 Å². The van der Waals surface area contributed by atoms with Crippen molar-refractivity contribution in [1.82, 2.24) is 15.5 Å². The van der Waals surface area contributed by atoms with Crippen LogP contribution in [0.1, 0.15) is 39.5 Å². The Labute approximate surface area is 156 Å². The summed E-state index contributed by atoms with van der Waals surface area (Å²) in [5.41, 5.74) is 1.12. The minimum Gasteiger partial charge on any atom is -0.353 e. The number of fused-ring (bicyclic) bond motifs is 2. The molecule has 1 heterocycles. The maximum absolute atomic E-state index is 12.2. The molecule has 4 atom stereocenters. The van der Waals surface area contributed by atoms with Crippen LogP contribution in [0.4, 0.5) is 0 Å². The van der Waals surface area contributed by atoms with Crippen molar-refractivity contribution in [3.63, 3.8) is 0 Å². The number of carbonyl (C=O) groups excluding carboxylic acids is 1. The molecule has 0 spiro atoms. The van der Waals surface area contributed by atoms with Gasteiger partial charge in [-0.2, -0.15) is 0 Å². The Morgan fingerprint density at radius 1 is 1.29 bits per heavy atom. The lowest BCUT2D eigenvalue weighted by Gasteiger charge is -2.28. The average Bonchev–Trinajstić information content (AvgIpc) is 3.27. The first kappa shape index (κ1) is 18.3. The van der Waals surface area contributed by atoms with Gasteiger partial charge in [-0.15, -0.1) is 10.2 Å². The molecule has 2 fully saturated rings. The SMILES string of the molecule is C=C(C)CSc1nnc(SCC(=O)N[C@H](C)[C@H]2C[C@H]3CC[C@H]2C3)s1. The maximum atomic E-state index is 12.2. The summed E-state index contributed by atoms with van der Waals surface area (Å²) in [5, 5.41) is 11.5. The van der Waals surface area contributed by atoms with Crippen LogP contribution in [0.15, 0.2) is 20.8 Å². The van der Waals surface area contributed by atoms with E-state index in [9.17, 15) is 4.79 Å². The zero-order valence-electron chi connectivity index (χ0n) is 14.3. The Kier molecular flexibility index (Phi) is 6.27. The highest BCUT2D eigenvalue weighted by atomic mass is 32.2. The van der Waals surface area contributed by atoms with Gasteiger partial charge in [-0.25, -0.2) is 0 Å². The molecule has 3 rings (SSSR count). The molecule has 1 N–H and O–H groups in total. The van der Waals surface area contributed by atoms with E-state index in [0.717, 1.165) is 31.8 Å². The second-order valence-electron chi connectivity index (χ2n) is 7.06. The molecule has 132 valence electrons. The van der Waals surface area contributed by atoms with Gasteiger partial charge in [0.15, 0.2) is 8.68 Å². The zero-order chi connectivity index (χ0) is 17.1. The molecule has 0 radical (unpaired) electrons. The second kappa shape index (κ2) is 8.23. The molecule has 2 saturated carbocycles. The van der Waals surface area contributed by atoms with Crippen LogP contribution in [0.5, 0.6) is 0 Å². The van der Waals surface area contributed by atoms with Gasteiger partial charge >= 0.3 is 0 Å². The van der Waals surface area contributed by atoms with E-state index in [1.165, 1.54) is 37.4 Å². The van der Waals surface area contributed by atoms with Crippen molar-refractivity contribution in [3.05, 3.63) is 12.2 Å². The van der Waals surface area contributed by atoms with Crippen molar-refractivity contribution in [2.45, 2.75) is 54.3 Å². The lowest BCUT2D eigenvalue weighted by Crippen LogP contribution is -2.40. The third-order valence-electron chi connectivity index (χ3n) is 4.98. The van der Waals surface area contributed by atoms with E-state index in [2.05, 4.69) is 29.0 Å². The van der Waals surface area contributed by atoms with E-state index in [4.69, 9.17) is 0 Å². The topological polar surface area (TPSA) is 54.9 Å². The summed E-state index contributed by atoms with van der Waals surface area (Å²) < 4.78 is 1.80. The van der Waals surface area contributed by atoms with E-state index in [-0.39, 0.29) is 5.91 Å². The molecule has 4 nitrogen and oxygen atoms in total. The highest BCUT2D eigenvalue weighted by molar-refractivity contribution is 8.03. The summed E-state index contributed by atoms with van der Waals surface area (Å²) in [7, 11) is 0. The first-order chi connectivity index (χ1) is 11.5. The van der Waals surface area contributed by atoms with E-state index in [0.29, 0.717) is 17.7 Å². The lowest BCUT2D eigenvalue weighted by atomic mass is 9.84. The molecule has 0 saturated heterocycles. The van der Waals surface area contributed by atoms with Gasteiger partial charge in [-0.05, 0) is 50.9 Å². The Hall–Kier alpha value is -0.530. The molecule has 2 bridgehead atoms. The number of nitrogens with one attached hydrogen (secondary N) is 1. The number of nitrogens with zero attached hydrogens (tertiary/aromatic N) is 2. The summed E-state index contributed by atoms with van der Waals surface area (Å²) in [6.45, 7) is 8.07. The number of rotatable bonds is 8. The van der Waals surface area contributed by atoms with Crippen molar-refractivity contribution < 1.29 is 4.79 Å². The number of hydrogen-bond acceptors (Lipinski definition) is 6. The fourth-order valence-electron chi connectivity index (χ4n) is 3.93. The molecule has 0 unspecified atom stereocenters. The summed E-state index contributed by atoms with van der Waals surface area (Å²) >= 11 is 4.68. The molecule has 1 amide bonds. The number of aromatic nitrogens is 2. The first-order valence-corrected chi connectivity index (χ1v) is 11.3. The van der Waals surface area contributed by atoms with Crippen molar-refractivity contribution in [3.8, 4) is 0 Å². The Morgan fingerprint density at radius 2 is 2.00 bits per heavy atom. The Balaban J connectivity index is 1.40. The molecule has 1 aromatic heterocycles. The highest BCUT2D eigenvalue weighted by Gasteiger charge is 2.42. The second-order valence-corrected chi connectivity index (χ2v) is 10.5. The summed E-state index contributed by atoms with van der Waals surface area (Å²) in [4.78, 5) is 12.2. The van der Waals surface area contributed by atoms with Crippen molar-refractivity contribution in [2.24, 2.45) is 17.8 Å². The number of hydrogen-bond donors (Lipinski definition) is 1.